The summed E-state index contributed by atoms with van der Waals surface area (Å²) in [4.78, 5) is 15.3. The van der Waals surface area contributed by atoms with Gasteiger partial charge in [-0.25, -0.2) is 4.79 Å². The highest BCUT2D eigenvalue weighted by molar-refractivity contribution is 5.99. The number of hydrogen-bond donors (Lipinski definition) is 2. The molecule has 0 unspecified atom stereocenters. The number of aromatic carboxylic acids is 1. The highest BCUT2D eigenvalue weighted by Crippen LogP contribution is 2.16. The van der Waals surface area contributed by atoms with Crippen molar-refractivity contribution >= 4 is 11.8 Å². The van der Waals surface area contributed by atoms with Crippen molar-refractivity contribution in [1.29, 1.82) is 0 Å². The summed E-state index contributed by atoms with van der Waals surface area (Å²) in [5.74, 6) is 0.748. The molecule has 5 heteroatoms. The van der Waals surface area contributed by atoms with Crippen LogP contribution >= 0.6 is 0 Å². The molecule has 23 heavy (non-hydrogen) atoms. The van der Waals surface area contributed by atoms with Crippen molar-refractivity contribution in [3.8, 4) is 5.75 Å². The fourth-order valence-corrected chi connectivity index (χ4v) is 2.37. The van der Waals surface area contributed by atoms with Crippen LogP contribution in [0.25, 0.3) is 0 Å². The number of hydrogen-bond acceptors (Lipinski definition) is 4. The maximum Gasteiger partial charge on any atom is 0.335 e. The molecule has 2 N–H and O–H groups in total. The van der Waals surface area contributed by atoms with Gasteiger partial charge >= 0.3 is 5.97 Å². The summed E-state index contributed by atoms with van der Waals surface area (Å²) < 4.78 is 5.79. The van der Waals surface area contributed by atoms with Gasteiger partial charge in [-0.3, -0.25) is 4.99 Å². The third-order valence-electron chi connectivity index (χ3n) is 3.61. The molecule has 0 aromatic heterocycles. The van der Waals surface area contributed by atoms with E-state index in [9.17, 15) is 4.79 Å². The van der Waals surface area contributed by atoms with Gasteiger partial charge in [-0.2, -0.15) is 0 Å². The average molecular weight is 310 g/mol. The van der Waals surface area contributed by atoms with E-state index in [1.165, 1.54) is 0 Å². The van der Waals surface area contributed by atoms with Crippen molar-refractivity contribution in [1.82, 2.24) is 5.32 Å². The van der Waals surface area contributed by atoms with Crippen molar-refractivity contribution in [3.05, 3.63) is 65.2 Å². The van der Waals surface area contributed by atoms with Crippen LogP contribution in [0.2, 0.25) is 0 Å². The number of carboxylic acid groups (broad SMARTS) is 1. The summed E-state index contributed by atoms with van der Waals surface area (Å²) in [6, 6.07) is 14.5. The van der Waals surface area contributed by atoms with Gasteiger partial charge in [-0.15, -0.1) is 0 Å². The molecule has 0 fully saturated rings. The molecular formula is C18H18N2O3. The summed E-state index contributed by atoms with van der Waals surface area (Å²) in [6.07, 6.45) is 1.06. The lowest BCUT2D eigenvalue weighted by Gasteiger charge is -2.15. The molecule has 0 saturated heterocycles. The predicted octanol–water partition coefficient (Wildman–Crippen LogP) is 2.70. The third kappa shape index (κ3) is 3.88. The highest BCUT2D eigenvalue weighted by Gasteiger charge is 2.08. The molecule has 0 amide bonds. The lowest BCUT2D eigenvalue weighted by Crippen LogP contribution is -2.30. The summed E-state index contributed by atoms with van der Waals surface area (Å²) in [6.45, 7) is 2.19. The molecular weight excluding hydrogens is 292 g/mol. The molecule has 0 radical (unpaired) electrons. The number of ether oxygens (including phenoxy) is 1. The van der Waals surface area contributed by atoms with Crippen LogP contribution in [0.15, 0.2) is 53.5 Å². The van der Waals surface area contributed by atoms with Gasteiger partial charge in [-0.1, -0.05) is 24.3 Å². The molecule has 2 aromatic carbocycles. The zero-order chi connectivity index (χ0) is 16.1. The number of carbonyl (C=O) groups is 1. The first-order valence-corrected chi connectivity index (χ1v) is 7.56. The Morgan fingerprint density at radius 2 is 2.04 bits per heavy atom. The fourth-order valence-electron chi connectivity index (χ4n) is 2.37. The van der Waals surface area contributed by atoms with E-state index in [-0.39, 0.29) is 5.56 Å². The lowest BCUT2D eigenvalue weighted by molar-refractivity contribution is 0.0697. The first-order valence-electron chi connectivity index (χ1n) is 7.56. The molecule has 1 heterocycles. The third-order valence-corrected chi connectivity index (χ3v) is 3.61. The van der Waals surface area contributed by atoms with E-state index in [4.69, 9.17) is 9.84 Å². The molecule has 0 bridgehead atoms. The number of rotatable bonds is 5. The van der Waals surface area contributed by atoms with E-state index in [0.717, 1.165) is 42.2 Å². The van der Waals surface area contributed by atoms with Crippen LogP contribution in [0.4, 0.5) is 0 Å². The van der Waals surface area contributed by atoms with E-state index in [1.54, 1.807) is 24.3 Å². The van der Waals surface area contributed by atoms with Crippen molar-refractivity contribution in [2.45, 2.75) is 13.0 Å². The molecule has 0 aliphatic carbocycles. The van der Waals surface area contributed by atoms with E-state index in [0.29, 0.717) is 6.61 Å². The topological polar surface area (TPSA) is 70.9 Å². The first-order chi connectivity index (χ1) is 11.2. The number of aliphatic imine (C=N–C) groups is 1. The zero-order valence-electron chi connectivity index (χ0n) is 12.7. The summed E-state index contributed by atoms with van der Waals surface area (Å²) in [5, 5.41) is 12.2. The molecule has 1 aliphatic rings. The Labute approximate surface area is 134 Å². The molecule has 118 valence electrons. The Morgan fingerprint density at radius 1 is 1.22 bits per heavy atom. The van der Waals surface area contributed by atoms with Crippen molar-refractivity contribution in [2.75, 3.05) is 13.1 Å². The van der Waals surface area contributed by atoms with E-state index in [1.807, 2.05) is 24.3 Å². The van der Waals surface area contributed by atoms with Crippen molar-refractivity contribution in [2.24, 2.45) is 4.99 Å². The molecule has 0 atom stereocenters. The standard InChI is InChI=1S/C18H18N2O3/c21-18(22)14-7-5-13(6-8-14)12-23-16-4-1-3-15(11-16)17-19-9-2-10-20-17/h1,3-8,11H,2,9-10,12H2,(H,19,20)(H,21,22). The Kier molecular flexibility index (Phi) is 4.57. The normalized spacial score (nSPS) is 13.8. The smallest absolute Gasteiger partial charge is 0.335 e. The molecule has 0 saturated carbocycles. The van der Waals surface area contributed by atoms with Gasteiger partial charge in [0.05, 0.1) is 5.56 Å². The molecule has 1 aliphatic heterocycles. The van der Waals surface area contributed by atoms with E-state index >= 15 is 0 Å². The van der Waals surface area contributed by atoms with Gasteiger partial charge in [0.1, 0.15) is 18.2 Å². The lowest BCUT2D eigenvalue weighted by atomic mass is 10.1. The van der Waals surface area contributed by atoms with Crippen LogP contribution in [0.3, 0.4) is 0 Å². The van der Waals surface area contributed by atoms with E-state index in [2.05, 4.69) is 10.3 Å². The van der Waals surface area contributed by atoms with Gasteiger partial charge in [0, 0.05) is 18.7 Å². The number of nitrogens with one attached hydrogen (secondary N) is 1. The van der Waals surface area contributed by atoms with Gasteiger partial charge in [-0.05, 0) is 36.2 Å². The van der Waals surface area contributed by atoms with Crippen molar-refractivity contribution in [3.63, 3.8) is 0 Å². The summed E-state index contributed by atoms with van der Waals surface area (Å²) >= 11 is 0. The average Bonchev–Trinajstić information content (AvgIpc) is 2.61. The second-order valence-electron chi connectivity index (χ2n) is 5.33. The molecule has 5 nitrogen and oxygen atoms in total. The number of benzene rings is 2. The first kappa shape index (κ1) is 15.1. The number of amidine groups is 1. The Hall–Kier alpha value is -2.82. The zero-order valence-corrected chi connectivity index (χ0v) is 12.7. The number of carboxylic acids is 1. The maximum absolute atomic E-state index is 10.8. The molecule has 0 spiro atoms. The second-order valence-corrected chi connectivity index (χ2v) is 5.33. The predicted molar refractivity (Wildman–Crippen MR) is 88.2 cm³/mol. The summed E-state index contributed by atoms with van der Waals surface area (Å²) in [7, 11) is 0. The fraction of sp³-hybridized carbons (Fsp3) is 0.222. The van der Waals surface area contributed by atoms with Gasteiger partial charge in [0.25, 0.3) is 0 Å². The van der Waals surface area contributed by atoms with Crippen molar-refractivity contribution < 1.29 is 14.6 Å². The van der Waals surface area contributed by atoms with E-state index < -0.39 is 5.97 Å². The Balaban J connectivity index is 1.66. The van der Waals surface area contributed by atoms with Crippen LogP contribution in [0, 0.1) is 0 Å². The van der Waals surface area contributed by atoms with Crippen LogP contribution in [0.5, 0.6) is 5.75 Å². The number of nitrogens with zero attached hydrogens (tertiary/aromatic N) is 1. The SMILES string of the molecule is O=C(O)c1ccc(COc2cccc(C3=NCCCN3)c2)cc1. The quantitative estimate of drug-likeness (QED) is 0.891. The van der Waals surface area contributed by atoms with Gasteiger partial charge in [0.15, 0.2) is 0 Å². The Bertz CT molecular complexity index is 723. The van der Waals surface area contributed by atoms with Crippen LogP contribution in [0.1, 0.15) is 27.9 Å². The minimum atomic E-state index is -0.925. The highest BCUT2D eigenvalue weighted by atomic mass is 16.5. The van der Waals surface area contributed by atoms with Crippen LogP contribution in [-0.4, -0.2) is 30.0 Å². The van der Waals surface area contributed by atoms with Gasteiger partial charge in [0.2, 0.25) is 0 Å². The minimum Gasteiger partial charge on any atom is -0.489 e. The van der Waals surface area contributed by atoms with Crippen LogP contribution < -0.4 is 10.1 Å². The molecule has 2 aromatic rings. The van der Waals surface area contributed by atoms with Crippen LogP contribution in [-0.2, 0) is 6.61 Å². The second kappa shape index (κ2) is 6.96. The molecule has 3 rings (SSSR count). The monoisotopic (exact) mass is 310 g/mol. The summed E-state index contributed by atoms with van der Waals surface area (Å²) in [5.41, 5.74) is 2.22. The van der Waals surface area contributed by atoms with Gasteiger partial charge < -0.3 is 15.2 Å². The Morgan fingerprint density at radius 3 is 2.74 bits per heavy atom. The minimum absolute atomic E-state index is 0.275. The largest absolute Gasteiger partial charge is 0.489 e. The maximum atomic E-state index is 10.8.